The number of aliphatic hydroxyl groups excluding tert-OH is 1. The van der Waals surface area contributed by atoms with Crippen molar-refractivity contribution in [3.63, 3.8) is 0 Å². The Hall–Kier alpha value is -3.45. The standard InChI is InChI=1S/C23H11F6O3P/c1-33(12-5-3-2-4-6-12,13-8-10(24)7-11(25)9-13)23-21(31)15-14(20(30)22(23)32)16(26)18(28)19(29)17(15)27/h2-9H,1H3/p+1. The zero-order valence-electron chi connectivity index (χ0n) is 16.6. The molecule has 1 N–H and O–H groups in total. The molecule has 0 saturated carbocycles. The van der Waals surface area contributed by atoms with Crippen molar-refractivity contribution < 1.29 is 41.0 Å². The molecule has 0 saturated heterocycles. The van der Waals surface area contributed by atoms with Gasteiger partial charge in [0.25, 0.3) is 5.78 Å². The molecule has 1 aliphatic rings. The van der Waals surface area contributed by atoms with Gasteiger partial charge in [0.1, 0.15) is 29.5 Å². The molecule has 0 aliphatic heterocycles. The number of hydrogen-bond acceptors (Lipinski definition) is 3. The number of allylic oxidation sites excluding steroid dienone is 1. The van der Waals surface area contributed by atoms with Gasteiger partial charge in [-0.05, 0) is 12.1 Å². The molecule has 3 aromatic carbocycles. The van der Waals surface area contributed by atoms with E-state index >= 15 is 0 Å². The van der Waals surface area contributed by atoms with Crippen LogP contribution >= 0.6 is 7.26 Å². The number of Topliss-reactive ketones (excluding diaryl/α,β-unsaturated/α-hetero) is 2. The van der Waals surface area contributed by atoms with Crippen molar-refractivity contribution in [1.82, 2.24) is 0 Å². The van der Waals surface area contributed by atoms with Crippen LogP contribution in [0.4, 0.5) is 26.3 Å². The maximum atomic E-state index is 14.6. The van der Waals surface area contributed by atoms with Crippen LogP contribution in [0.15, 0.2) is 53.8 Å². The minimum atomic E-state index is -3.60. The lowest BCUT2D eigenvalue weighted by atomic mass is 9.92. The second kappa shape index (κ2) is 7.85. The zero-order chi connectivity index (χ0) is 24.2. The quantitative estimate of drug-likeness (QED) is 0.192. The Morgan fingerprint density at radius 1 is 0.667 bits per heavy atom. The van der Waals surface area contributed by atoms with E-state index in [1.807, 2.05) is 0 Å². The fourth-order valence-electron chi connectivity index (χ4n) is 3.86. The Bertz CT molecular complexity index is 1370. The Kier molecular flexibility index (Phi) is 5.41. The first-order chi connectivity index (χ1) is 15.5. The number of ketones is 2. The molecule has 0 radical (unpaired) electrons. The van der Waals surface area contributed by atoms with Gasteiger partial charge in [-0.1, -0.05) is 18.2 Å². The highest BCUT2D eigenvalue weighted by atomic mass is 31.2. The van der Waals surface area contributed by atoms with Crippen molar-refractivity contribution in [2.24, 2.45) is 0 Å². The molecule has 0 heterocycles. The third-order valence-electron chi connectivity index (χ3n) is 5.46. The SMILES string of the molecule is C[P+](C1=C(O)c2c(F)c(F)c(F)c(F)c2C(=O)C1=O)(c1ccccc1)c1cc(F)cc(F)c1. The van der Waals surface area contributed by atoms with Crippen LogP contribution in [0.25, 0.3) is 5.76 Å². The van der Waals surface area contributed by atoms with E-state index in [-0.39, 0.29) is 10.6 Å². The minimum Gasteiger partial charge on any atom is -0.503 e. The van der Waals surface area contributed by atoms with E-state index < -0.39 is 75.9 Å². The summed E-state index contributed by atoms with van der Waals surface area (Å²) in [6, 6.07) is 9.82. The third-order valence-corrected chi connectivity index (χ3v) is 9.39. The lowest BCUT2D eigenvalue weighted by Gasteiger charge is -2.28. The van der Waals surface area contributed by atoms with Crippen molar-refractivity contribution in [1.29, 1.82) is 0 Å². The molecule has 168 valence electrons. The highest BCUT2D eigenvalue weighted by Gasteiger charge is 2.54. The number of halogens is 6. The highest BCUT2D eigenvalue weighted by Crippen LogP contribution is 2.63. The number of carbonyl (C=O) groups excluding carboxylic acids is 2. The van der Waals surface area contributed by atoms with Crippen molar-refractivity contribution in [2.45, 2.75) is 0 Å². The summed E-state index contributed by atoms with van der Waals surface area (Å²) in [5.74, 6) is -15.5. The molecular formula is C23H12F6O3P+. The summed E-state index contributed by atoms with van der Waals surface area (Å²) in [4.78, 5) is 25.8. The summed E-state index contributed by atoms with van der Waals surface area (Å²) in [6.45, 7) is 1.33. The maximum Gasteiger partial charge on any atom is 0.272 e. The summed E-state index contributed by atoms with van der Waals surface area (Å²) < 4.78 is 84.8. The molecule has 1 aliphatic carbocycles. The van der Waals surface area contributed by atoms with Gasteiger partial charge in [-0.25, -0.2) is 26.3 Å². The van der Waals surface area contributed by atoms with Crippen molar-refractivity contribution in [3.8, 4) is 0 Å². The van der Waals surface area contributed by atoms with Gasteiger partial charge in [0, 0.05) is 18.2 Å². The van der Waals surface area contributed by atoms with Crippen molar-refractivity contribution >= 4 is 35.2 Å². The zero-order valence-corrected chi connectivity index (χ0v) is 17.5. The summed E-state index contributed by atoms with van der Waals surface area (Å²) in [5.41, 5.74) is -2.78. The van der Waals surface area contributed by atoms with Crippen LogP contribution in [-0.4, -0.2) is 23.3 Å². The van der Waals surface area contributed by atoms with Gasteiger partial charge in [-0.2, -0.15) is 0 Å². The molecule has 4 rings (SSSR count). The summed E-state index contributed by atoms with van der Waals surface area (Å²) in [6.07, 6.45) is 0. The van der Waals surface area contributed by atoms with Gasteiger partial charge in [0.05, 0.1) is 17.8 Å². The van der Waals surface area contributed by atoms with Gasteiger partial charge in [0.2, 0.25) is 5.78 Å². The Labute approximate surface area is 183 Å². The van der Waals surface area contributed by atoms with Crippen LogP contribution in [0.3, 0.4) is 0 Å². The molecule has 0 bridgehead atoms. The van der Waals surface area contributed by atoms with Gasteiger partial charge in [-0.15, -0.1) is 0 Å². The first kappa shape index (κ1) is 22.7. The highest BCUT2D eigenvalue weighted by molar-refractivity contribution is 7.93. The van der Waals surface area contributed by atoms with Crippen LogP contribution in [0, 0.1) is 34.9 Å². The van der Waals surface area contributed by atoms with Crippen LogP contribution in [-0.2, 0) is 4.79 Å². The van der Waals surface area contributed by atoms with E-state index in [0.29, 0.717) is 6.07 Å². The Balaban J connectivity index is 2.17. The number of carbonyl (C=O) groups is 2. The van der Waals surface area contributed by atoms with Crippen molar-refractivity contribution in [3.05, 3.63) is 99.9 Å². The number of benzene rings is 3. The maximum absolute atomic E-state index is 14.6. The monoisotopic (exact) mass is 481 g/mol. The number of fused-ring (bicyclic) bond motifs is 1. The summed E-state index contributed by atoms with van der Waals surface area (Å²) in [7, 11) is -3.60. The van der Waals surface area contributed by atoms with E-state index in [1.54, 1.807) is 6.07 Å². The van der Waals surface area contributed by atoms with E-state index in [4.69, 9.17) is 0 Å². The fourth-order valence-corrected chi connectivity index (χ4v) is 7.25. The van der Waals surface area contributed by atoms with Crippen LogP contribution < -0.4 is 10.6 Å². The van der Waals surface area contributed by atoms with E-state index in [1.165, 1.54) is 30.9 Å². The molecular weight excluding hydrogens is 469 g/mol. The van der Waals surface area contributed by atoms with Gasteiger partial charge in [-0.3, -0.25) is 9.59 Å². The molecule has 0 spiro atoms. The predicted octanol–water partition coefficient (Wildman–Crippen LogP) is 4.81. The van der Waals surface area contributed by atoms with E-state index in [9.17, 15) is 41.0 Å². The van der Waals surface area contributed by atoms with Gasteiger partial charge >= 0.3 is 0 Å². The first-order valence-electron chi connectivity index (χ1n) is 9.28. The molecule has 1 unspecified atom stereocenters. The normalized spacial score (nSPS) is 15.5. The fraction of sp³-hybridized carbons (Fsp3) is 0.0435. The number of aliphatic hydroxyl groups is 1. The molecule has 3 nitrogen and oxygen atoms in total. The van der Waals surface area contributed by atoms with Crippen LogP contribution in [0.2, 0.25) is 0 Å². The lowest BCUT2D eigenvalue weighted by Crippen LogP contribution is -2.34. The Morgan fingerprint density at radius 2 is 1.18 bits per heavy atom. The van der Waals surface area contributed by atoms with Crippen molar-refractivity contribution in [2.75, 3.05) is 6.66 Å². The number of rotatable bonds is 3. The largest absolute Gasteiger partial charge is 0.503 e. The summed E-state index contributed by atoms with van der Waals surface area (Å²) >= 11 is 0. The van der Waals surface area contributed by atoms with Gasteiger partial charge in [0.15, 0.2) is 34.3 Å². The minimum absolute atomic E-state index is 0.152. The smallest absolute Gasteiger partial charge is 0.272 e. The topological polar surface area (TPSA) is 54.4 Å². The second-order valence-corrected chi connectivity index (χ2v) is 10.8. The second-order valence-electron chi connectivity index (χ2n) is 7.33. The number of hydrogen-bond donors (Lipinski definition) is 1. The van der Waals surface area contributed by atoms with Gasteiger partial charge < -0.3 is 5.11 Å². The lowest BCUT2D eigenvalue weighted by molar-refractivity contribution is -0.111. The Morgan fingerprint density at radius 3 is 1.73 bits per heavy atom. The summed E-state index contributed by atoms with van der Waals surface area (Å²) in [5, 5.41) is 10.2. The van der Waals surface area contributed by atoms with Crippen LogP contribution in [0.1, 0.15) is 15.9 Å². The average molecular weight is 481 g/mol. The predicted molar refractivity (Wildman–Crippen MR) is 110 cm³/mol. The third kappa shape index (κ3) is 3.26. The molecule has 10 heteroatoms. The first-order valence-corrected chi connectivity index (χ1v) is 11.5. The molecule has 0 amide bonds. The average Bonchev–Trinajstić information content (AvgIpc) is 2.78. The molecule has 1 atom stereocenters. The van der Waals surface area contributed by atoms with E-state index in [0.717, 1.165) is 12.1 Å². The molecule has 0 fully saturated rings. The molecule has 3 aromatic rings. The molecule has 33 heavy (non-hydrogen) atoms. The van der Waals surface area contributed by atoms with E-state index in [2.05, 4.69) is 0 Å². The molecule has 0 aromatic heterocycles. The van der Waals surface area contributed by atoms with Crippen LogP contribution in [0.5, 0.6) is 0 Å².